The Morgan fingerprint density at radius 3 is 2.65 bits per heavy atom. The maximum absolute atomic E-state index is 13.9. The van der Waals surface area contributed by atoms with Crippen LogP contribution in [0.1, 0.15) is 23.7 Å². The number of nitrogens with zero attached hydrogens (tertiary/aromatic N) is 2. The van der Waals surface area contributed by atoms with E-state index in [-0.39, 0.29) is 30.5 Å². The van der Waals surface area contributed by atoms with Gasteiger partial charge in [-0.25, -0.2) is 8.78 Å². The Hall–Kier alpha value is -3.52. The highest BCUT2D eigenvalue weighted by Gasteiger charge is 2.16. The fourth-order valence-corrected chi connectivity index (χ4v) is 3.61. The van der Waals surface area contributed by atoms with E-state index < -0.39 is 6.10 Å². The third-order valence-corrected chi connectivity index (χ3v) is 5.21. The zero-order valence-electron chi connectivity index (χ0n) is 16.9. The third-order valence-electron chi connectivity index (χ3n) is 5.21. The Morgan fingerprint density at radius 2 is 1.94 bits per heavy atom. The van der Waals surface area contributed by atoms with Crippen molar-refractivity contribution in [1.82, 2.24) is 20.1 Å². The number of carbonyl (C=O) groups excluding carboxylic acids is 1. The maximum Gasteiger partial charge on any atom is 0.220 e. The van der Waals surface area contributed by atoms with Gasteiger partial charge in [-0.1, -0.05) is 0 Å². The van der Waals surface area contributed by atoms with Crippen LogP contribution in [0.25, 0.3) is 22.2 Å². The van der Waals surface area contributed by atoms with Gasteiger partial charge in [0.2, 0.25) is 5.91 Å². The summed E-state index contributed by atoms with van der Waals surface area (Å²) in [4.78, 5) is 15.7. The molecule has 1 unspecified atom stereocenters. The minimum atomic E-state index is -0.852. The third kappa shape index (κ3) is 4.64. The van der Waals surface area contributed by atoms with Crippen LogP contribution < -0.4 is 5.32 Å². The van der Waals surface area contributed by atoms with Gasteiger partial charge in [-0.3, -0.25) is 9.48 Å². The van der Waals surface area contributed by atoms with Gasteiger partial charge in [0.1, 0.15) is 11.6 Å². The Labute approximate surface area is 177 Å². The number of hydrogen-bond acceptors (Lipinski definition) is 3. The molecule has 160 valence electrons. The summed E-state index contributed by atoms with van der Waals surface area (Å²) in [5.41, 5.74) is 3.62. The minimum Gasteiger partial charge on any atom is -0.386 e. The highest BCUT2D eigenvalue weighted by Crippen LogP contribution is 2.32. The molecule has 6 nitrogen and oxygen atoms in total. The molecular weight excluding hydrogens is 402 g/mol. The lowest BCUT2D eigenvalue weighted by Gasteiger charge is -2.11. The van der Waals surface area contributed by atoms with Crippen molar-refractivity contribution in [1.29, 1.82) is 0 Å². The van der Waals surface area contributed by atoms with E-state index in [9.17, 15) is 18.7 Å². The first-order valence-corrected chi connectivity index (χ1v) is 9.90. The van der Waals surface area contributed by atoms with Crippen molar-refractivity contribution in [2.45, 2.75) is 18.9 Å². The first-order valence-electron chi connectivity index (χ1n) is 9.90. The van der Waals surface area contributed by atoms with Gasteiger partial charge in [0.15, 0.2) is 0 Å². The number of aryl methyl sites for hydroxylation is 2. The van der Waals surface area contributed by atoms with E-state index in [0.29, 0.717) is 17.4 Å². The number of halogens is 2. The largest absolute Gasteiger partial charge is 0.386 e. The number of nitrogens with one attached hydrogen (secondary N) is 2. The Morgan fingerprint density at radius 1 is 1.19 bits per heavy atom. The highest BCUT2D eigenvalue weighted by molar-refractivity contribution is 5.91. The van der Waals surface area contributed by atoms with Crippen LogP contribution in [0.5, 0.6) is 0 Å². The second-order valence-corrected chi connectivity index (χ2v) is 7.44. The lowest BCUT2D eigenvalue weighted by atomic mass is 10.0. The Bertz CT molecular complexity index is 1210. The Kier molecular flexibility index (Phi) is 5.81. The van der Waals surface area contributed by atoms with Crippen molar-refractivity contribution in [2.24, 2.45) is 7.05 Å². The molecule has 2 heterocycles. The monoisotopic (exact) mass is 424 g/mol. The molecule has 31 heavy (non-hydrogen) atoms. The van der Waals surface area contributed by atoms with Crippen molar-refractivity contribution in [2.75, 3.05) is 6.54 Å². The maximum atomic E-state index is 13.9. The van der Waals surface area contributed by atoms with Gasteiger partial charge in [-0.15, -0.1) is 0 Å². The summed E-state index contributed by atoms with van der Waals surface area (Å²) in [6, 6.07) is 10.4. The summed E-state index contributed by atoms with van der Waals surface area (Å²) in [7, 11) is 1.75. The number of aliphatic hydroxyl groups is 1. The van der Waals surface area contributed by atoms with E-state index in [1.807, 2.05) is 0 Å². The fraction of sp³-hybridized carbons (Fsp3) is 0.217. The number of aromatic amines is 1. The van der Waals surface area contributed by atoms with Crippen molar-refractivity contribution in [3.63, 3.8) is 0 Å². The van der Waals surface area contributed by atoms with Gasteiger partial charge < -0.3 is 15.4 Å². The summed E-state index contributed by atoms with van der Waals surface area (Å²) < 4.78 is 28.8. The number of rotatable bonds is 7. The number of fused-ring (bicyclic) bond motifs is 1. The zero-order chi connectivity index (χ0) is 22.0. The fourth-order valence-electron chi connectivity index (χ4n) is 3.61. The molecular formula is C23H22F2N4O2. The summed E-state index contributed by atoms with van der Waals surface area (Å²) in [6.45, 7) is 0.0673. The van der Waals surface area contributed by atoms with E-state index in [2.05, 4.69) is 15.4 Å². The molecule has 4 aromatic rings. The van der Waals surface area contributed by atoms with E-state index in [1.54, 1.807) is 42.3 Å². The number of carbonyl (C=O) groups is 1. The average Bonchev–Trinajstić information content (AvgIpc) is 3.34. The molecule has 0 saturated carbocycles. The second kappa shape index (κ2) is 8.69. The van der Waals surface area contributed by atoms with Crippen molar-refractivity contribution in [3.05, 3.63) is 77.6 Å². The van der Waals surface area contributed by atoms with Gasteiger partial charge >= 0.3 is 0 Å². The quantitative estimate of drug-likeness (QED) is 0.424. The van der Waals surface area contributed by atoms with Crippen molar-refractivity contribution < 1.29 is 18.7 Å². The standard InChI is InChI=1S/C23H22F2N4O2/c1-29-13-15(11-27-29)21(30)12-26-22(31)9-7-18-19-10-17(25)6-8-20(19)28-23(18)14-2-4-16(24)5-3-14/h2-6,8,10-11,13,21,28,30H,7,9,12H2,1H3,(H,26,31). The smallest absolute Gasteiger partial charge is 0.220 e. The van der Waals surface area contributed by atoms with E-state index in [4.69, 9.17) is 0 Å². The van der Waals surface area contributed by atoms with E-state index >= 15 is 0 Å². The van der Waals surface area contributed by atoms with Gasteiger partial charge in [0.05, 0.1) is 12.3 Å². The molecule has 3 N–H and O–H groups in total. The summed E-state index contributed by atoms with van der Waals surface area (Å²) in [5.74, 6) is -0.958. The van der Waals surface area contributed by atoms with Crippen LogP contribution in [-0.4, -0.2) is 32.3 Å². The Balaban J connectivity index is 1.50. The lowest BCUT2D eigenvalue weighted by Crippen LogP contribution is -2.28. The van der Waals surface area contributed by atoms with Crippen molar-refractivity contribution >= 4 is 16.8 Å². The molecule has 0 fully saturated rings. The van der Waals surface area contributed by atoms with Crippen LogP contribution >= 0.6 is 0 Å². The molecule has 2 aromatic heterocycles. The zero-order valence-corrected chi connectivity index (χ0v) is 16.9. The second-order valence-electron chi connectivity index (χ2n) is 7.44. The van der Waals surface area contributed by atoms with Crippen LogP contribution in [-0.2, 0) is 18.3 Å². The summed E-state index contributed by atoms with van der Waals surface area (Å²) >= 11 is 0. The highest BCUT2D eigenvalue weighted by atomic mass is 19.1. The molecule has 0 aliphatic heterocycles. The number of benzene rings is 2. The average molecular weight is 424 g/mol. The predicted molar refractivity (Wildman–Crippen MR) is 113 cm³/mol. The molecule has 0 spiro atoms. The number of H-pyrrole nitrogens is 1. The van der Waals surface area contributed by atoms with E-state index in [0.717, 1.165) is 22.3 Å². The molecule has 0 radical (unpaired) electrons. The number of aliphatic hydroxyl groups excluding tert-OH is 1. The van der Waals surface area contributed by atoms with Gasteiger partial charge in [-0.05, 0) is 60.0 Å². The van der Waals surface area contributed by atoms with Crippen LogP contribution in [0, 0.1) is 11.6 Å². The minimum absolute atomic E-state index is 0.0673. The molecule has 2 aromatic carbocycles. The molecule has 4 rings (SSSR count). The predicted octanol–water partition coefficient (Wildman–Crippen LogP) is 3.63. The van der Waals surface area contributed by atoms with Gasteiger partial charge in [0.25, 0.3) is 0 Å². The van der Waals surface area contributed by atoms with E-state index in [1.165, 1.54) is 24.3 Å². The van der Waals surface area contributed by atoms with Gasteiger partial charge in [-0.2, -0.15) is 5.10 Å². The molecule has 0 saturated heterocycles. The molecule has 8 heteroatoms. The first kappa shape index (κ1) is 20.7. The van der Waals surface area contributed by atoms with Crippen LogP contribution in [0.4, 0.5) is 8.78 Å². The molecule has 1 amide bonds. The van der Waals surface area contributed by atoms with Gasteiger partial charge in [0, 0.05) is 48.4 Å². The van der Waals surface area contributed by atoms with Crippen LogP contribution in [0.2, 0.25) is 0 Å². The topological polar surface area (TPSA) is 82.9 Å². The van der Waals surface area contributed by atoms with Crippen molar-refractivity contribution in [3.8, 4) is 11.3 Å². The SMILES string of the molecule is Cn1cc(C(O)CNC(=O)CCc2c(-c3ccc(F)cc3)[nH]c3ccc(F)cc23)cn1. The summed E-state index contributed by atoms with van der Waals surface area (Å²) in [5, 5.41) is 17.6. The number of hydrogen-bond donors (Lipinski definition) is 3. The molecule has 0 aliphatic carbocycles. The van der Waals surface area contributed by atoms with Crippen LogP contribution in [0.3, 0.4) is 0 Å². The first-order chi connectivity index (χ1) is 14.9. The number of amides is 1. The lowest BCUT2D eigenvalue weighted by molar-refractivity contribution is -0.121. The van der Waals surface area contributed by atoms with Crippen LogP contribution in [0.15, 0.2) is 54.9 Å². The normalized spacial score (nSPS) is 12.3. The summed E-state index contributed by atoms with van der Waals surface area (Å²) in [6.07, 6.45) is 2.88. The molecule has 1 atom stereocenters. The molecule has 0 aliphatic rings. The molecule has 0 bridgehead atoms. The number of aromatic nitrogens is 3.